The van der Waals surface area contributed by atoms with Crippen molar-refractivity contribution in [2.75, 3.05) is 25.1 Å². The lowest BCUT2D eigenvalue weighted by Gasteiger charge is -2.31. The molecule has 30 heavy (non-hydrogen) atoms. The van der Waals surface area contributed by atoms with Crippen LogP contribution in [0, 0.1) is 5.82 Å². The quantitative estimate of drug-likeness (QED) is 0.492. The predicted octanol–water partition coefficient (Wildman–Crippen LogP) is 5.05. The molecule has 5 nitrogen and oxygen atoms in total. The lowest BCUT2D eigenvalue weighted by atomic mass is 10.1. The molecule has 0 bridgehead atoms. The molecule has 1 saturated heterocycles. The van der Waals surface area contributed by atoms with E-state index in [0.717, 1.165) is 28.2 Å². The molecular weight excluding hydrogens is 447 g/mol. The summed E-state index contributed by atoms with van der Waals surface area (Å²) in [6.07, 6.45) is 0.955. The van der Waals surface area contributed by atoms with Crippen molar-refractivity contribution in [3.8, 4) is 17.0 Å². The monoisotopic (exact) mass is 466 g/mol. The van der Waals surface area contributed by atoms with Crippen molar-refractivity contribution in [1.29, 1.82) is 0 Å². The van der Waals surface area contributed by atoms with Crippen molar-refractivity contribution >= 4 is 37.9 Å². The van der Waals surface area contributed by atoms with Gasteiger partial charge in [0.25, 0.3) is 0 Å². The highest BCUT2D eigenvalue weighted by atomic mass is 35.5. The summed E-state index contributed by atoms with van der Waals surface area (Å²) in [6, 6.07) is 11.3. The maximum Gasteiger partial charge on any atom is 0.185 e. The summed E-state index contributed by atoms with van der Waals surface area (Å²) in [5.41, 5.74) is 1.84. The fourth-order valence-electron chi connectivity index (χ4n) is 3.53. The summed E-state index contributed by atoms with van der Waals surface area (Å²) in [5.74, 6) is 0.148. The number of piperidine rings is 1. The van der Waals surface area contributed by atoms with Crippen LogP contribution in [0.2, 0.25) is 5.02 Å². The first-order valence-corrected chi connectivity index (χ1v) is 12.2. The van der Waals surface area contributed by atoms with Gasteiger partial charge in [-0.05, 0) is 43.2 Å². The summed E-state index contributed by atoms with van der Waals surface area (Å²) in [7, 11) is -1.93. The molecule has 0 atom stereocenters. The van der Waals surface area contributed by atoms with E-state index in [1.165, 1.54) is 23.5 Å². The third-order valence-corrected chi connectivity index (χ3v) is 8.68. The van der Waals surface area contributed by atoms with Gasteiger partial charge in [-0.3, -0.25) is 0 Å². The Labute approximate surface area is 184 Å². The van der Waals surface area contributed by atoms with Crippen LogP contribution in [0.1, 0.15) is 12.8 Å². The highest BCUT2D eigenvalue weighted by Crippen LogP contribution is 2.33. The molecule has 0 saturated carbocycles. The number of thiazole rings is 1. The van der Waals surface area contributed by atoms with Gasteiger partial charge in [-0.25, -0.2) is 17.8 Å². The van der Waals surface area contributed by atoms with Crippen LogP contribution >= 0.6 is 22.9 Å². The van der Waals surface area contributed by atoms with Gasteiger partial charge in [0.15, 0.2) is 15.0 Å². The number of nitrogens with zero attached hydrogens (tertiary/aromatic N) is 2. The molecule has 1 aliphatic rings. The Morgan fingerprint density at radius 1 is 1.20 bits per heavy atom. The van der Waals surface area contributed by atoms with Crippen molar-refractivity contribution in [2.24, 2.45) is 0 Å². The fraction of sp³-hybridized carbons (Fsp3) is 0.286. The molecule has 4 rings (SSSR count). The molecule has 3 aromatic rings. The van der Waals surface area contributed by atoms with E-state index < -0.39 is 20.9 Å². The van der Waals surface area contributed by atoms with Gasteiger partial charge in [0, 0.05) is 24.0 Å². The molecule has 0 radical (unpaired) electrons. The molecule has 2 heterocycles. The van der Waals surface area contributed by atoms with E-state index >= 15 is 0 Å². The summed E-state index contributed by atoms with van der Waals surface area (Å²) in [4.78, 5) is 6.91. The Hall–Kier alpha value is -2.16. The van der Waals surface area contributed by atoms with Gasteiger partial charge >= 0.3 is 0 Å². The smallest absolute Gasteiger partial charge is 0.185 e. The zero-order valence-electron chi connectivity index (χ0n) is 16.2. The highest BCUT2D eigenvalue weighted by Gasteiger charge is 2.32. The molecule has 0 N–H and O–H groups in total. The lowest BCUT2D eigenvalue weighted by Crippen LogP contribution is -2.39. The van der Waals surface area contributed by atoms with Crippen LogP contribution < -0.4 is 9.64 Å². The first-order chi connectivity index (χ1) is 14.4. The van der Waals surface area contributed by atoms with Crippen LogP contribution in [0.5, 0.6) is 5.75 Å². The minimum Gasteiger partial charge on any atom is -0.497 e. The third-order valence-electron chi connectivity index (χ3n) is 5.23. The number of hydrogen-bond donors (Lipinski definition) is 0. The lowest BCUT2D eigenvalue weighted by molar-refractivity contribution is 0.415. The molecule has 9 heteroatoms. The van der Waals surface area contributed by atoms with E-state index in [0.29, 0.717) is 25.9 Å². The largest absolute Gasteiger partial charge is 0.497 e. The number of sulfone groups is 1. The van der Waals surface area contributed by atoms with Crippen LogP contribution in [0.15, 0.2) is 52.7 Å². The topological polar surface area (TPSA) is 59.5 Å². The average molecular weight is 467 g/mol. The molecule has 1 fully saturated rings. The number of anilines is 1. The Balaban J connectivity index is 1.46. The molecule has 0 amide bonds. The van der Waals surface area contributed by atoms with Crippen molar-refractivity contribution in [3.05, 3.63) is 58.7 Å². The maximum absolute atomic E-state index is 13.4. The molecular formula is C21H20ClFN2O3S2. The number of benzene rings is 2. The molecule has 158 valence electrons. The zero-order valence-corrected chi connectivity index (χ0v) is 18.6. The van der Waals surface area contributed by atoms with E-state index in [1.54, 1.807) is 7.11 Å². The van der Waals surface area contributed by atoms with Gasteiger partial charge in [0.1, 0.15) is 11.6 Å². The number of aromatic nitrogens is 1. The second kappa shape index (κ2) is 8.53. The van der Waals surface area contributed by atoms with Gasteiger partial charge in [0.05, 0.1) is 28.0 Å². The number of halogens is 2. The summed E-state index contributed by atoms with van der Waals surface area (Å²) in [5, 5.41) is 2.16. The van der Waals surface area contributed by atoms with Crippen LogP contribution in [0.4, 0.5) is 9.52 Å². The van der Waals surface area contributed by atoms with Crippen LogP contribution in [0.3, 0.4) is 0 Å². The number of ether oxygens (including phenoxy) is 1. The Morgan fingerprint density at radius 2 is 1.97 bits per heavy atom. The Bertz CT molecular complexity index is 1160. The Kier molecular flexibility index (Phi) is 5.99. The van der Waals surface area contributed by atoms with E-state index in [-0.39, 0.29) is 9.92 Å². The van der Waals surface area contributed by atoms with Gasteiger partial charge in [-0.2, -0.15) is 0 Å². The van der Waals surface area contributed by atoms with Crippen LogP contribution in [-0.4, -0.2) is 38.9 Å². The normalized spacial score (nSPS) is 15.4. The SMILES string of the molecule is COc1cccc(-c2csc(N3CCC(S(=O)(=O)c4ccc(F)c(Cl)c4)CC3)n2)c1. The van der Waals surface area contributed by atoms with Crippen molar-refractivity contribution in [1.82, 2.24) is 4.98 Å². The molecule has 1 aromatic heterocycles. The van der Waals surface area contributed by atoms with E-state index in [1.807, 2.05) is 29.6 Å². The second-order valence-corrected chi connectivity index (χ2v) is 10.5. The molecule has 0 aliphatic carbocycles. The molecule has 0 unspecified atom stereocenters. The van der Waals surface area contributed by atoms with Crippen LogP contribution in [0.25, 0.3) is 11.3 Å². The molecule has 2 aromatic carbocycles. The summed E-state index contributed by atoms with van der Waals surface area (Å²) >= 11 is 7.31. The summed E-state index contributed by atoms with van der Waals surface area (Å²) in [6.45, 7) is 1.17. The fourth-order valence-corrected chi connectivity index (χ4v) is 6.42. The molecule has 0 spiro atoms. The third kappa shape index (κ3) is 4.17. The second-order valence-electron chi connectivity index (χ2n) is 7.05. The van der Waals surface area contributed by atoms with E-state index in [2.05, 4.69) is 4.90 Å². The van der Waals surface area contributed by atoms with Crippen molar-refractivity contribution in [2.45, 2.75) is 23.0 Å². The zero-order chi connectivity index (χ0) is 21.3. The minimum absolute atomic E-state index is 0.0712. The van der Waals surface area contributed by atoms with Gasteiger partial charge in [-0.15, -0.1) is 11.3 Å². The summed E-state index contributed by atoms with van der Waals surface area (Å²) < 4.78 is 44.5. The van der Waals surface area contributed by atoms with Gasteiger partial charge < -0.3 is 9.64 Å². The standard InChI is InChI=1S/C21H20ClFN2O3S2/c1-28-15-4-2-3-14(11-15)20-13-29-21(24-20)25-9-7-16(8-10-25)30(26,27)17-5-6-19(23)18(22)12-17/h2-6,11-13,16H,7-10H2,1H3. The molecule has 1 aliphatic heterocycles. The number of hydrogen-bond acceptors (Lipinski definition) is 6. The Morgan fingerprint density at radius 3 is 2.67 bits per heavy atom. The van der Waals surface area contributed by atoms with Crippen molar-refractivity contribution < 1.29 is 17.5 Å². The predicted molar refractivity (Wildman–Crippen MR) is 118 cm³/mol. The van der Waals surface area contributed by atoms with Crippen LogP contribution in [-0.2, 0) is 9.84 Å². The first kappa shape index (κ1) is 21.1. The van der Waals surface area contributed by atoms with E-state index in [4.69, 9.17) is 21.3 Å². The number of methoxy groups -OCH3 is 1. The highest BCUT2D eigenvalue weighted by molar-refractivity contribution is 7.92. The van der Waals surface area contributed by atoms with Gasteiger partial charge in [0.2, 0.25) is 0 Å². The van der Waals surface area contributed by atoms with Gasteiger partial charge in [-0.1, -0.05) is 23.7 Å². The maximum atomic E-state index is 13.4. The minimum atomic E-state index is -3.56. The first-order valence-electron chi connectivity index (χ1n) is 9.42. The van der Waals surface area contributed by atoms with E-state index in [9.17, 15) is 12.8 Å². The van der Waals surface area contributed by atoms with Crippen molar-refractivity contribution in [3.63, 3.8) is 0 Å². The number of rotatable bonds is 5. The average Bonchev–Trinajstić information content (AvgIpc) is 3.26.